The molecule has 0 aliphatic carbocycles. The minimum absolute atomic E-state index is 0.0485. The van der Waals surface area contributed by atoms with E-state index in [-0.39, 0.29) is 12.3 Å². The Bertz CT molecular complexity index is 419. The van der Waals surface area contributed by atoms with E-state index >= 15 is 0 Å². The summed E-state index contributed by atoms with van der Waals surface area (Å²) in [5.41, 5.74) is 6.75. The molecule has 1 aromatic rings. The van der Waals surface area contributed by atoms with E-state index in [2.05, 4.69) is 9.88 Å². The second kappa shape index (κ2) is 5.42. The van der Waals surface area contributed by atoms with E-state index in [1.54, 1.807) is 13.8 Å². The first-order chi connectivity index (χ1) is 7.46. The van der Waals surface area contributed by atoms with Crippen LogP contribution in [0.25, 0.3) is 0 Å². The molecule has 0 aliphatic heterocycles. The lowest BCUT2D eigenvalue weighted by atomic mass is 10.2. The van der Waals surface area contributed by atoms with Crippen LogP contribution in [0, 0.1) is 13.8 Å². The highest BCUT2D eigenvalue weighted by molar-refractivity contribution is 7.89. The highest BCUT2D eigenvalue weighted by Crippen LogP contribution is 2.11. The van der Waals surface area contributed by atoms with Crippen LogP contribution in [0.15, 0.2) is 4.52 Å². The number of nitrogens with zero attached hydrogens (tertiary/aromatic N) is 1. The van der Waals surface area contributed by atoms with Gasteiger partial charge in [0.15, 0.2) is 0 Å². The lowest BCUT2D eigenvalue weighted by Crippen LogP contribution is -2.27. The monoisotopic (exact) mass is 247 g/mol. The molecule has 0 spiro atoms. The minimum atomic E-state index is -3.25. The smallest absolute Gasteiger partial charge is 0.211 e. The molecule has 16 heavy (non-hydrogen) atoms. The van der Waals surface area contributed by atoms with Crippen molar-refractivity contribution >= 4 is 10.0 Å². The van der Waals surface area contributed by atoms with E-state index in [9.17, 15) is 8.42 Å². The van der Waals surface area contributed by atoms with E-state index in [1.807, 2.05) is 0 Å². The van der Waals surface area contributed by atoms with Crippen LogP contribution in [0.2, 0.25) is 0 Å². The number of aryl methyl sites for hydroxylation is 2. The second-order valence-electron chi connectivity index (χ2n) is 3.58. The first kappa shape index (κ1) is 13.1. The molecule has 6 nitrogen and oxygen atoms in total. The Morgan fingerprint density at radius 1 is 1.44 bits per heavy atom. The molecular formula is C9H17N3O3S. The van der Waals surface area contributed by atoms with Gasteiger partial charge in [-0.05, 0) is 26.8 Å². The van der Waals surface area contributed by atoms with Gasteiger partial charge >= 0.3 is 0 Å². The van der Waals surface area contributed by atoms with Gasteiger partial charge in [-0.1, -0.05) is 5.16 Å². The molecule has 0 bridgehead atoms. The molecule has 1 heterocycles. The zero-order valence-electron chi connectivity index (χ0n) is 9.49. The number of sulfonamides is 1. The molecule has 7 heteroatoms. The molecular weight excluding hydrogens is 230 g/mol. The van der Waals surface area contributed by atoms with Crippen LogP contribution in [0.5, 0.6) is 0 Å². The van der Waals surface area contributed by atoms with Crippen LogP contribution in [0.3, 0.4) is 0 Å². The molecule has 92 valence electrons. The molecule has 0 atom stereocenters. The quantitative estimate of drug-likeness (QED) is 0.740. The average molecular weight is 247 g/mol. The molecule has 0 aromatic carbocycles. The standard InChI is InChI=1S/C9H17N3O3S/c1-7-9(8(2)15-12-7)6-11-16(13,14)5-3-4-10/h11H,3-6,10H2,1-2H3. The molecule has 1 aromatic heterocycles. The Kier molecular flexibility index (Phi) is 4.45. The number of hydrogen-bond acceptors (Lipinski definition) is 5. The number of nitrogens with one attached hydrogen (secondary N) is 1. The topological polar surface area (TPSA) is 98.2 Å². The lowest BCUT2D eigenvalue weighted by Gasteiger charge is -2.05. The third-order valence-electron chi connectivity index (χ3n) is 2.27. The predicted octanol–water partition coefficient (Wildman–Crippen LogP) is 0.0596. The van der Waals surface area contributed by atoms with Gasteiger partial charge in [-0.15, -0.1) is 0 Å². The molecule has 3 N–H and O–H groups in total. The summed E-state index contributed by atoms with van der Waals surface area (Å²) in [4.78, 5) is 0. The van der Waals surface area contributed by atoms with Crippen molar-refractivity contribution in [2.24, 2.45) is 5.73 Å². The molecule has 0 radical (unpaired) electrons. The van der Waals surface area contributed by atoms with Crippen molar-refractivity contribution in [1.82, 2.24) is 9.88 Å². The highest BCUT2D eigenvalue weighted by Gasteiger charge is 2.13. The third kappa shape index (κ3) is 3.58. The summed E-state index contributed by atoms with van der Waals surface area (Å²) in [6.45, 7) is 4.11. The maximum Gasteiger partial charge on any atom is 0.211 e. The van der Waals surface area contributed by atoms with Gasteiger partial charge in [-0.3, -0.25) is 0 Å². The highest BCUT2D eigenvalue weighted by atomic mass is 32.2. The van der Waals surface area contributed by atoms with Gasteiger partial charge in [0.2, 0.25) is 10.0 Å². The van der Waals surface area contributed by atoms with Gasteiger partial charge < -0.3 is 10.3 Å². The molecule has 0 aliphatic rings. The predicted molar refractivity (Wildman–Crippen MR) is 60.3 cm³/mol. The Hall–Kier alpha value is -0.920. The SMILES string of the molecule is Cc1noc(C)c1CNS(=O)(=O)CCCN. The fourth-order valence-electron chi connectivity index (χ4n) is 1.28. The van der Waals surface area contributed by atoms with Crippen LogP contribution in [0.4, 0.5) is 0 Å². The maximum absolute atomic E-state index is 11.5. The van der Waals surface area contributed by atoms with Crippen molar-refractivity contribution in [2.75, 3.05) is 12.3 Å². The van der Waals surface area contributed by atoms with Crippen molar-refractivity contribution in [1.29, 1.82) is 0 Å². The summed E-state index contributed by atoms with van der Waals surface area (Å²) >= 11 is 0. The van der Waals surface area contributed by atoms with Gasteiger partial charge in [-0.2, -0.15) is 0 Å². The van der Waals surface area contributed by atoms with Crippen LogP contribution in [0.1, 0.15) is 23.4 Å². The van der Waals surface area contributed by atoms with Gasteiger partial charge in [0.1, 0.15) is 5.76 Å². The van der Waals surface area contributed by atoms with Gasteiger partial charge in [-0.25, -0.2) is 13.1 Å². The largest absolute Gasteiger partial charge is 0.361 e. The number of nitrogens with two attached hydrogens (primary N) is 1. The summed E-state index contributed by atoms with van der Waals surface area (Å²) in [7, 11) is -3.25. The maximum atomic E-state index is 11.5. The summed E-state index contributed by atoms with van der Waals surface area (Å²) in [6, 6.07) is 0. The lowest BCUT2D eigenvalue weighted by molar-refractivity contribution is 0.392. The Balaban J connectivity index is 2.58. The van der Waals surface area contributed by atoms with Crippen molar-refractivity contribution in [3.63, 3.8) is 0 Å². The normalized spacial score (nSPS) is 11.9. The van der Waals surface area contributed by atoms with Crippen molar-refractivity contribution in [3.05, 3.63) is 17.0 Å². The first-order valence-electron chi connectivity index (χ1n) is 5.05. The molecule has 0 amide bonds. The van der Waals surface area contributed by atoms with E-state index in [4.69, 9.17) is 10.3 Å². The molecule has 0 fully saturated rings. The van der Waals surface area contributed by atoms with Crippen LogP contribution >= 0.6 is 0 Å². The zero-order chi connectivity index (χ0) is 12.2. The summed E-state index contributed by atoms with van der Waals surface area (Å²) in [5, 5.41) is 3.75. The number of rotatable bonds is 6. The summed E-state index contributed by atoms with van der Waals surface area (Å²) in [5.74, 6) is 0.686. The van der Waals surface area contributed by atoms with Gasteiger partial charge in [0.05, 0.1) is 11.4 Å². The number of aromatic nitrogens is 1. The number of hydrogen-bond donors (Lipinski definition) is 2. The van der Waals surface area contributed by atoms with Gasteiger partial charge in [0, 0.05) is 12.1 Å². The minimum Gasteiger partial charge on any atom is -0.361 e. The third-order valence-corrected chi connectivity index (χ3v) is 3.68. The van der Waals surface area contributed by atoms with Crippen molar-refractivity contribution < 1.29 is 12.9 Å². The molecule has 1 rings (SSSR count). The zero-order valence-corrected chi connectivity index (χ0v) is 10.3. The molecule has 0 saturated carbocycles. The fraction of sp³-hybridized carbons (Fsp3) is 0.667. The molecule has 0 unspecified atom stereocenters. The Labute approximate surface area is 95.2 Å². The van der Waals surface area contributed by atoms with E-state index in [0.717, 1.165) is 5.56 Å². The van der Waals surface area contributed by atoms with E-state index in [1.165, 1.54) is 0 Å². The summed E-state index contributed by atoms with van der Waals surface area (Å²) in [6.07, 6.45) is 0.455. The first-order valence-corrected chi connectivity index (χ1v) is 6.70. The van der Waals surface area contributed by atoms with Crippen molar-refractivity contribution in [3.8, 4) is 0 Å². The van der Waals surface area contributed by atoms with Gasteiger partial charge in [0.25, 0.3) is 0 Å². The molecule has 0 saturated heterocycles. The Morgan fingerprint density at radius 2 is 2.12 bits per heavy atom. The van der Waals surface area contributed by atoms with E-state index < -0.39 is 10.0 Å². The van der Waals surface area contributed by atoms with E-state index in [0.29, 0.717) is 24.4 Å². The fourth-order valence-corrected chi connectivity index (χ4v) is 2.34. The van der Waals surface area contributed by atoms with Crippen LogP contribution in [-0.4, -0.2) is 25.9 Å². The van der Waals surface area contributed by atoms with Crippen LogP contribution in [-0.2, 0) is 16.6 Å². The Morgan fingerprint density at radius 3 is 2.62 bits per heavy atom. The summed E-state index contributed by atoms with van der Waals surface area (Å²) < 4.78 is 30.4. The van der Waals surface area contributed by atoms with Crippen LogP contribution < -0.4 is 10.5 Å². The van der Waals surface area contributed by atoms with Crippen molar-refractivity contribution in [2.45, 2.75) is 26.8 Å². The second-order valence-corrected chi connectivity index (χ2v) is 5.51. The average Bonchev–Trinajstić information content (AvgIpc) is 2.53.